The lowest BCUT2D eigenvalue weighted by Crippen LogP contribution is -2.03. The summed E-state index contributed by atoms with van der Waals surface area (Å²) in [6.07, 6.45) is 3.06. The number of hydrogen-bond donors (Lipinski definition) is 1. The molecule has 4 heteroatoms. The average molecular weight is 222 g/mol. The van der Waals surface area contributed by atoms with Crippen LogP contribution in [-0.4, -0.2) is 14.7 Å². The van der Waals surface area contributed by atoms with Gasteiger partial charge in [0.25, 0.3) is 0 Å². The Bertz CT molecular complexity index is 505. The number of nitrogens with zero attached hydrogens (tertiary/aromatic N) is 2. The summed E-state index contributed by atoms with van der Waals surface area (Å²) in [6.45, 7) is 4.70. The van der Waals surface area contributed by atoms with Gasteiger partial charge in [0.05, 0.1) is 12.0 Å². The highest BCUT2D eigenvalue weighted by Gasteiger charge is 2.13. The molecule has 0 fully saturated rings. The van der Waals surface area contributed by atoms with Crippen LogP contribution in [0.3, 0.4) is 0 Å². The van der Waals surface area contributed by atoms with Crippen molar-refractivity contribution < 1.29 is 9.50 Å². The van der Waals surface area contributed by atoms with Gasteiger partial charge in [0, 0.05) is 18.9 Å². The highest BCUT2D eigenvalue weighted by atomic mass is 19.1. The van der Waals surface area contributed by atoms with E-state index in [1.54, 1.807) is 16.8 Å². The zero-order valence-electron chi connectivity index (χ0n) is 9.44. The minimum absolute atomic E-state index is 0.165. The largest absolute Gasteiger partial charge is 0.392 e. The maximum Gasteiger partial charge on any atom is 0.150 e. The Balaban J connectivity index is 2.62. The Labute approximate surface area is 93.5 Å². The second kappa shape index (κ2) is 4.22. The molecule has 3 nitrogen and oxygen atoms in total. The molecule has 86 valence electrons. The molecule has 0 spiro atoms. The molecule has 0 saturated carbocycles. The van der Waals surface area contributed by atoms with E-state index in [0.717, 1.165) is 6.54 Å². The fraction of sp³-hybridized carbons (Fsp3) is 0.417. The van der Waals surface area contributed by atoms with Crippen molar-refractivity contribution in [2.75, 3.05) is 0 Å². The average Bonchev–Trinajstić information content (AvgIpc) is 2.55. The molecule has 0 amide bonds. The van der Waals surface area contributed by atoms with E-state index in [4.69, 9.17) is 5.11 Å². The number of fused-ring (bicyclic) bond motifs is 1. The van der Waals surface area contributed by atoms with E-state index in [0.29, 0.717) is 22.5 Å². The summed E-state index contributed by atoms with van der Waals surface area (Å²) in [4.78, 5) is 4.18. The van der Waals surface area contributed by atoms with Crippen LogP contribution in [0.4, 0.5) is 4.39 Å². The van der Waals surface area contributed by atoms with Crippen LogP contribution >= 0.6 is 0 Å². The topological polar surface area (TPSA) is 38.0 Å². The van der Waals surface area contributed by atoms with Crippen molar-refractivity contribution >= 4 is 11.0 Å². The van der Waals surface area contributed by atoms with Crippen LogP contribution in [0, 0.1) is 11.7 Å². The van der Waals surface area contributed by atoms with E-state index < -0.39 is 0 Å². The second-order valence-corrected chi connectivity index (χ2v) is 4.35. The third kappa shape index (κ3) is 1.80. The van der Waals surface area contributed by atoms with Gasteiger partial charge in [0.15, 0.2) is 5.82 Å². The minimum atomic E-state index is -0.312. The molecule has 0 aliphatic rings. The van der Waals surface area contributed by atoms with Crippen LogP contribution in [0.2, 0.25) is 0 Å². The van der Waals surface area contributed by atoms with Gasteiger partial charge in [-0.25, -0.2) is 9.37 Å². The van der Waals surface area contributed by atoms with E-state index in [-0.39, 0.29) is 12.4 Å². The van der Waals surface area contributed by atoms with Gasteiger partial charge in [-0.1, -0.05) is 13.8 Å². The number of aromatic nitrogens is 2. The molecule has 1 N–H and O–H groups in total. The van der Waals surface area contributed by atoms with Gasteiger partial charge in [-0.15, -0.1) is 0 Å². The molecular formula is C12H15FN2O. The van der Waals surface area contributed by atoms with E-state index in [9.17, 15) is 4.39 Å². The van der Waals surface area contributed by atoms with Crippen molar-refractivity contribution in [3.05, 3.63) is 29.8 Å². The number of aliphatic hydroxyl groups is 1. The summed E-state index contributed by atoms with van der Waals surface area (Å²) in [5, 5.41) is 9.58. The normalized spacial score (nSPS) is 11.6. The first kappa shape index (κ1) is 11.1. The van der Waals surface area contributed by atoms with Crippen LogP contribution in [0.5, 0.6) is 0 Å². The number of rotatable bonds is 3. The van der Waals surface area contributed by atoms with Gasteiger partial charge >= 0.3 is 0 Å². The zero-order chi connectivity index (χ0) is 11.7. The molecule has 2 aromatic heterocycles. The molecule has 0 radical (unpaired) electrons. The van der Waals surface area contributed by atoms with Gasteiger partial charge in [-0.3, -0.25) is 0 Å². The second-order valence-electron chi connectivity index (χ2n) is 4.35. The Hall–Kier alpha value is -1.42. The van der Waals surface area contributed by atoms with Crippen LogP contribution in [0.15, 0.2) is 18.5 Å². The lowest BCUT2D eigenvalue weighted by atomic mass is 10.2. The molecule has 2 rings (SSSR count). The van der Waals surface area contributed by atoms with Crippen molar-refractivity contribution in [3.63, 3.8) is 0 Å². The third-order valence-electron chi connectivity index (χ3n) is 2.53. The first-order valence-electron chi connectivity index (χ1n) is 5.36. The summed E-state index contributed by atoms with van der Waals surface area (Å²) in [5.41, 5.74) is 1.20. The predicted molar refractivity (Wildman–Crippen MR) is 60.5 cm³/mol. The maximum absolute atomic E-state index is 13.7. The van der Waals surface area contributed by atoms with Crippen molar-refractivity contribution in [2.45, 2.75) is 27.0 Å². The Kier molecular flexibility index (Phi) is 2.92. The number of pyridine rings is 1. The molecule has 0 atom stereocenters. The number of hydrogen-bond acceptors (Lipinski definition) is 2. The van der Waals surface area contributed by atoms with E-state index in [1.807, 2.05) is 0 Å². The monoisotopic (exact) mass is 222 g/mol. The molecule has 0 aromatic carbocycles. The number of halogens is 1. The smallest absolute Gasteiger partial charge is 0.150 e. The fourth-order valence-electron chi connectivity index (χ4n) is 1.89. The Morgan fingerprint density at radius 3 is 2.88 bits per heavy atom. The molecule has 0 aliphatic carbocycles. The third-order valence-corrected chi connectivity index (χ3v) is 2.53. The zero-order valence-corrected chi connectivity index (χ0v) is 9.44. The lowest BCUT2D eigenvalue weighted by Gasteiger charge is -2.07. The van der Waals surface area contributed by atoms with Crippen molar-refractivity contribution in [3.8, 4) is 0 Å². The molecule has 2 heterocycles. The fourth-order valence-corrected chi connectivity index (χ4v) is 1.89. The molecular weight excluding hydrogens is 207 g/mol. The standard InChI is InChI=1S/C12H15FN2O/c1-8(2)5-15-6-10(13)11-9(7-16)3-4-14-12(11)15/h3-4,6,8,16H,5,7H2,1-2H3. The maximum atomic E-state index is 13.7. The van der Waals surface area contributed by atoms with Crippen molar-refractivity contribution in [2.24, 2.45) is 5.92 Å². The highest BCUT2D eigenvalue weighted by molar-refractivity contribution is 5.80. The van der Waals surface area contributed by atoms with Gasteiger partial charge in [-0.05, 0) is 17.5 Å². The van der Waals surface area contributed by atoms with Gasteiger partial charge in [-0.2, -0.15) is 0 Å². The summed E-state index contributed by atoms with van der Waals surface area (Å²) in [5.74, 6) is 0.113. The number of aliphatic hydroxyl groups excluding tert-OH is 1. The molecule has 0 bridgehead atoms. The Morgan fingerprint density at radius 2 is 2.25 bits per heavy atom. The van der Waals surface area contributed by atoms with E-state index >= 15 is 0 Å². The van der Waals surface area contributed by atoms with Crippen LogP contribution < -0.4 is 0 Å². The van der Waals surface area contributed by atoms with Crippen LogP contribution in [0.25, 0.3) is 11.0 Å². The van der Waals surface area contributed by atoms with Crippen molar-refractivity contribution in [1.29, 1.82) is 0 Å². The first-order valence-corrected chi connectivity index (χ1v) is 5.36. The molecule has 0 saturated heterocycles. The first-order chi connectivity index (χ1) is 7.63. The summed E-state index contributed by atoms with van der Waals surface area (Å²) in [6, 6.07) is 1.64. The molecule has 0 unspecified atom stereocenters. The van der Waals surface area contributed by atoms with E-state index in [2.05, 4.69) is 18.8 Å². The molecule has 2 aromatic rings. The van der Waals surface area contributed by atoms with Crippen LogP contribution in [0.1, 0.15) is 19.4 Å². The highest BCUT2D eigenvalue weighted by Crippen LogP contribution is 2.23. The predicted octanol–water partition coefficient (Wildman–Crippen LogP) is 2.32. The minimum Gasteiger partial charge on any atom is -0.392 e. The summed E-state index contributed by atoms with van der Waals surface area (Å²) < 4.78 is 15.5. The van der Waals surface area contributed by atoms with Gasteiger partial charge in [0.1, 0.15) is 5.65 Å². The SMILES string of the molecule is CC(C)Cn1cc(F)c2c(CO)ccnc21. The Morgan fingerprint density at radius 1 is 1.50 bits per heavy atom. The van der Waals surface area contributed by atoms with E-state index in [1.165, 1.54) is 6.20 Å². The molecule has 16 heavy (non-hydrogen) atoms. The van der Waals surface area contributed by atoms with Gasteiger partial charge in [0.2, 0.25) is 0 Å². The van der Waals surface area contributed by atoms with Crippen molar-refractivity contribution in [1.82, 2.24) is 9.55 Å². The van der Waals surface area contributed by atoms with Gasteiger partial charge < -0.3 is 9.67 Å². The van der Waals surface area contributed by atoms with Crippen LogP contribution in [-0.2, 0) is 13.2 Å². The lowest BCUT2D eigenvalue weighted by molar-refractivity contribution is 0.283. The molecule has 0 aliphatic heterocycles. The quantitative estimate of drug-likeness (QED) is 0.865. The summed E-state index contributed by atoms with van der Waals surface area (Å²) >= 11 is 0. The summed E-state index contributed by atoms with van der Waals surface area (Å²) in [7, 11) is 0.